The molecule has 0 saturated carbocycles. The van der Waals surface area contributed by atoms with Crippen LogP contribution in [0.2, 0.25) is 0 Å². The number of carbonyl (C=O) groups is 2. The maximum atomic E-state index is 12.9. The Hall–Kier alpha value is -2.31. The molecule has 5 nitrogen and oxygen atoms in total. The number of thioether (sulfide) groups is 1. The number of piperidine rings is 1. The molecule has 0 radical (unpaired) electrons. The summed E-state index contributed by atoms with van der Waals surface area (Å²) < 4.78 is 0. The number of rotatable bonds is 7. The van der Waals surface area contributed by atoms with Crippen molar-refractivity contribution in [1.29, 1.82) is 0 Å². The Kier molecular flexibility index (Phi) is 6.44. The number of nitrogens with zero attached hydrogens (tertiary/aromatic N) is 1. The minimum atomic E-state index is -0.793. The van der Waals surface area contributed by atoms with E-state index in [4.69, 9.17) is 0 Å². The normalized spacial score (nSPS) is 22.7. The summed E-state index contributed by atoms with van der Waals surface area (Å²) in [4.78, 5) is 28.6. The molecular formula is C24H29N3O2S. The van der Waals surface area contributed by atoms with Gasteiger partial charge in [0.05, 0.1) is 0 Å². The molecule has 0 spiro atoms. The van der Waals surface area contributed by atoms with Crippen molar-refractivity contribution in [3.05, 3.63) is 65.7 Å². The second kappa shape index (κ2) is 9.23. The minimum Gasteiger partial charge on any atom is -0.323 e. The van der Waals surface area contributed by atoms with Crippen molar-refractivity contribution in [2.45, 2.75) is 42.7 Å². The molecule has 158 valence electrons. The third-order valence-electron chi connectivity index (χ3n) is 6.47. The molecule has 30 heavy (non-hydrogen) atoms. The molecule has 0 aromatic heterocycles. The molecular weight excluding hydrogens is 394 g/mol. The first-order chi connectivity index (χ1) is 14.6. The summed E-state index contributed by atoms with van der Waals surface area (Å²) in [5, 5.41) is 5.51. The zero-order valence-corrected chi connectivity index (χ0v) is 18.2. The maximum Gasteiger partial charge on any atom is 0.322 e. The van der Waals surface area contributed by atoms with Crippen LogP contribution in [0.5, 0.6) is 0 Å². The predicted molar refractivity (Wildman–Crippen MR) is 120 cm³/mol. The zero-order valence-electron chi connectivity index (χ0n) is 17.4. The first-order valence-electron chi connectivity index (χ1n) is 10.6. The first kappa shape index (κ1) is 20.9. The van der Waals surface area contributed by atoms with E-state index >= 15 is 0 Å². The van der Waals surface area contributed by atoms with Gasteiger partial charge in [-0.3, -0.25) is 15.0 Å². The van der Waals surface area contributed by atoms with Crippen molar-refractivity contribution in [1.82, 2.24) is 15.5 Å². The topological polar surface area (TPSA) is 61.4 Å². The molecule has 0 aliphatic carbocycles. The quantitative estimate of drug-likeness (QED) is 0.525. The Morgan fingerprint density at radius 2 is 1.70 bits per heavy atom. The Bertz CT molecular complexity index is 879. The van der Waals surface area contributed by atoms with Gasteiger partial charge in [-0.2, -0.15) is 0 Å². The van der Waals surface area contributed by atoms with Crippen molar-refractivity contribution in [2.24, 2.45) is 5.92 Å². The summed E-state index contributed by atoms with van der Waals surface area (Å²) in [5.74, 6) is -0.00249. The molecule has 2 saturated heterocycles. The number of imide groups is 1. The summed E-state index contributed by atoms with van der Waals surface area (Å²) in [6.07, 6.45) is 5.31. The molecule has 3 amide bonds. The number of hydrogen-bond donors (Lipinski definition) is 2. The molecule has 2 aromatic rings. The van der Waals surface area contributed by atoms with Crippen LogP contribution in [0.25, 0.3) is 0 Å². The zero-order chi connectivity index (χ0) is 21.0. The molecule has 2 N–H and O–H groups in total. The van der Waals surface area contributed by atoms with Crippen molar-refractivity contribution >= 4 is 23.7 Å². The van der Waals surface area contributed by atoms with Gasteiger partial charge in [0.2, 0.25) is 0 Å². The van der Waals surface area contributed by atoms with Gasteiger partial charge < -0.3 is 5.32 Å². The van der Waals surface area contributed by atoms with Gasteiger partial charge in [0.1, 0.15) is 5.54 Å². The Morgan fingerprint density at radius 3 is 2.30 bits per heavy atom. The van der Waals surface area contributed by atoms with Crippen LogP contribution in [0.15, 0.2) is 59.5 Å². The number of hydrogen-bond acceptors (Lipinski definition) is 4. The van der Waals surface area contributed by atoms with Crippen molar-refractivity contribution in [3.63, 3.8) is 0 Å². The van der Waals surface area contributed by atoms with Crippen LogP contribution < -0.4 is 10.6 Å². The van der Waals surface area contributed by atoms with E-state index in [2.05, 4.69) is 58.2 Å². The Balaban J connectivity index is 1.40. The van der Waals surface area contributed by atoms with E-state index in [1.165, 1.54) is 16.0 Å². The van der Waals surface area contributed by atoms with Crippen molar-refractivity contribution in [2.75, 3.05) is 19.3 Å². The molecule has 2 aromatic carbocycles. The van der Waals surface area contributed by atoms with E-state index in [9.17, 15) is 9.59 Å². The summed E-state index contributed by atoms with van der Waals surface area (Å²) in [6, 6.07) is 18.6. The van der Waals surface area contributed by atoms with Crippen LogP contribution in [-0.4, -0.2) is 41.7 Å². The monoisotopic (exact) mass is 423 g/mol. The average Bonchev–Trinajstić information content (AvgIpc) is 3.08. The largest absolute Gasteiger partial charge is 0.323 e. The van der Waals surface area contributed by atoms with Crippen LogP contribution in [0, 0.1) is 5.92 Å². The van der Waals surface area contributed by atoms with Gasteiger partial charge in [0.25, 0.3) is 5.91 Å². The highest BCUT2D eigenvalue weighted by Gasteiger charge is 2.51. The van der Waals surface area contributed by atoms with Crippen molar-refractivity contribution in [3.8, 4) is 0 Å². The lowest BCUT2D eigenvalue weighted by molar-refractivity contribution is -0.127. The number of likely N-dealkylation sites (tertiary alicyclic amines) is 1. The lowest BCUT2D eigenvalue weighted by Gasteiger charge is -2.40. The number of nitrogens with one attached hydrogen (secondary N) is 2. The van der Waals surface area contributed by atoms with E-state index in [0.717, 1.165) is 38.9 Å². The van der Waals surface area contributed by atoms with E-state index in [1.54, 1.807) is 11.8 Å². The minimum absolute atomic E-state index is 0.155. The molecule has 4 rings (SSSR count). The second-order valence-electron chi connectivity index (χ2n) is 8.26. The van der Waals surface area contributed by atoms with E-state index in [0.29, 0.717) is 6.42 Å². The van der Waals surface area contributed by atoms with Gasteiger partial charge in [-0.25, -0.2) is 4.79 Å². The standard InChI is InChI=1S/C24H29N3O2S/c1-30-21-9-7-19(8-10-21)17-27-15-12-20(13-16-27)24(22(28)25-23(29)26-24)14-11-18-5-3-2-4-6-18/h2-10,20H,11-17H2,1H3,(H2,25,26,28,29). The smallest absolute Gasteiger partial charge is 0.322 e. The Labute approximate surface area is 182 Å². The van der Waals surface area contributed by atoms with E-state index in [-0.39, 0.29) is 17.9 Å². The first-order valence-corrected chi connectivity index (χ1v) is 11.8. The second-order valence-corrected chi connectivity index (χ2v) is 9.14. The fourth-order valence-electron chi connectivity index (χ4n) is 4.73. The molecule has 1 unspecified atom stereocenters. The van der Waals surface area contributed by atoms with Gasteiger partial charge in [0.15, 0.2) is 0 Å². The maximum absolute atomic E-state index is 12.9. The van der Waals surface area contributed by atoms with Gasteiger partial charge in [0, 0.05) is 11.4 Å². The Morgan fingerprint density at radius 1 is 1.00 bits per heavy atom. The van der Waals surface area contributed by atoms with Crippen LogP contribution in [0.4, 0.5) is 4.79 Å². The fourth-order valence-corrected chi connectivity index (χ4v) is 5.14. The fraction of sp³-hybridized carbons (Fsp3) is 0.417. The van der Waals surface area contributed by atoms with Crippen LogP contribution in [0.3, 0.4) is 0 Å². The lowest BCUT2D eigenvalue weighted by atomic mass is 9.74. The van der Waals surface area contributed by atoms with Crippen LogP contribution in [-0.2, 0) is 17.8 Å². The number of aryl methyl sites for hydroxylation is 1. The van der Waals surface area contributed by atoms with Gasteiger partial charge >= 0.3 is 6.03 Å². The SMILES string of the molecule is CSc1ccc(CN2CCC(C3(CCc4ccccc4)NC(=O)NC3=O)CC2)cc1. The molecule has 2 fully saturated rings. The molecule has 0 bridgehead atoms. The van der Waals surface area contributed by atoms with Crippen LogP contribution in [0.1, 0.15) is 30.4 Å². The van der Waals surface area contributed by atoms with E-state index < -0.39 is 5.54 Å². The van der Waals surface area contributed by atoms with Crippen LogP contribution >= 0.6 is 11.8 Å². The molecule has 2 aliphatic heterocycles. The van der Waals surface area contributed by atoms with E-state index in [1.807, 2.05) is 18.2 Å². The van der Waals surface area contributed by atoms with Crippen molar-refractivity contribution < 1.29 is 9.59 Å². The third kappa shape index (κ3) is 4.55. The number of carbonyl (C=O) groups excluding carboxylic acids is 2. The predicted octanol–water partition coefficient (Wildman–Crippen LogP) is 3.83. The number of amides is 3. The summed E-state index contributed by atoms with van der Waals surface area (Å²) in [7, 11) is 0. The van der Waals surface area contributed by atoms with Gasteiger partial charge in [-0.05, 0) is 74.2 Å². The molecule has 6 heteroatoms. The van der Waals surface area contributed by atoms with Gasteiger partial charge in [-0.15, -0.1) is 11.8 Å². The number of benzene rings is 2. The summed E-state index contributed by atoms with van der Waals surface area (Å²) in [6.45, 7) is 2.80. The summed E-state index contributed by atoms with van der Waals surface area (Å²) in [5.41, 5.74) is 1.72. The average molecular weight is 424 g/mol. The highest BCUT2D eigenvalue weighted by molar-refractivity contribution is 7.98. The lowest BCUT2D eigenvalue weighted by Crippen LogP contribution is -2.56. The molecule has 2 heterocycles. The number of urea groups is 1. The molecule has 2 aliphatic rings. The van der Waals surface area contributed by atoms with Gasteiger partial charge in [-0.1, -0.05) is 42.5 Å². The highest BCUT2D eigenvalue weighted by atomic mass is 32.2. The summed E-state index contributed by atoms with van der Waals surface area (Å²) >= 11 is 1.75. The molecule has 1 atom stereocenters. The third-order valence-corrected chi connectivity index (χ3v) is 7.21. The highest BCUT2D eigenvalue weighted by Crippen LogP contribution is 2.35.